The number of non-ortho nitro benzene ring substituents is 1. The molecule has 0 fully saturated rings. The number of hydrogen-bond donors (Lipinski definition) is 0. The van der Waals surface area contributed by atoms with Crippen LogP contribution in [0.4, 0.5) is 5.69 Å². The fraction of sp³-hybridized carbons (Fsp3) is 0.444. The molecule has 11 nitrogen and oxygen atoms in total. The van der Waals surface area contributed by atoms with E-state index in [1.807, 2.05) is 27.7 Å². The molecular weight excluding hydrogens is 490 g/mol. The van der Waals surface area contributed by atoms with Gasteiger partial charge in [-0.25, -0.2) is 4.79 Å². The molecule has 2 heterocycles. The summed E-state index contributed by atoms with van der Waals surface area (Å²) in [5.74, 6) is -0.407. The van der Waals surface area contributed by atoms with Crippen molar-refractivity contribution >= 4 is 23.3 Å². The molecule has 0 radical (unpaired) electrons. The molecule has 0 N–H and O–H groups in total. The maximum absolute atomic E-state index is 13.3. The summed E-state index contributed by atoms with van der Waals surface area (Å²) < 4.78 is 6.45. The number of nitroso groups, excluding NO2 is 1. The van der Waals surface area contributed by atoms with Crippen molar-refractivity contribution in [3.63, 3.8) is 0 Å². The molecule has 0 aliphatic carbocycles. The zero-order chi connectivity index (χ0) is 28.4. The van der Waals surface area contributed by atoms with Crippen molar-refractivity contribution in [1.29, 1.82) is 0 Å². The average molecular weight is 522 g/mol. The van der Waals surface area contributed by atoms with Crippen LogP contribution < -0.4 is 4.74 Å². The van der Waals surface area contributed by atoms with Crippen LogP contribution in [0.5, 0.6) is 5.75 Å². The Morgan fingerprint density at radius 1 is 0.921 bits per heavy atom. The molecule has 2 aliphatic heterocycles. The Morgan fingerprint density at radius 3 is 1.97 bits per heavy atom. The molecule has 0 atom stereocenters. The summed E-state index contributed by atoms with van der Waals surface area (Å²) in [5, 5.41) is 25.1. The highest BCUT2D eigenvalue weighted by Crippen LogP contribution is 2.40. The molecule has 4 rings (SSSR count). The summed E-state index contributed by atoms with van der Waals surface area (Å²) in [5.41, 5.74) is -2.47. The topological polar surface area (TPSA) is 141 Å². The molecule has 0 unspecified atom stereocenters. The van der Waals surface area contributed by atoms with Gasteiger partial charge in [-0.3, -0.25) is 15.1 Å². The Kier molecular flexibility index (Phi) is 6.07. The van der Waals surface area contributed by atoms with Gasteiger partial charge in [0.25, 0.3) is 5.69 Å². The lowest BCUT2D eigenvalue weighted by Crippen LogP contribution is -2.50. The summed E-state index contributed by atoms with van der Waals surface area (Å²) in [4.78, 5) is 45.9. The van der Waals surface area contributed by atoms with Crippen LogP contribution in [-0.2, 0) is 0 Å². The Morgan fingerprint density at radius 2 is 1.50 bits per heavy atom. The van der Waals surface area contributed by atoms with Gasteiger partial charge in [0, 0.05) is 23.2 Å². The van der Waals surface area contributed by atoms with Gasteiger partial charge in [-0.05, 0) is 90.5 Å². The van der Waals surface area contributed by atoms with E-state index in [4.69, 9.17) is 4.74 Å². The van der Waals surface area contributed by atoms with Crippen LogP contribution in [0.15, 0.2) is 52.4 Å². The number of hydrogen-bond acceptors (Lipinski definition) is 9. The maximum Gasteiger partial charge on any atom is 0.364 e. The molecule has 0 saturated heterocycles. The van der Waals surface area contributed by atoms with Gasteiger partial charge in [-0.2, -0.15) is 0 Å². The predicted molar refractivity (Wildman–Crippen MR) is 143 cm³/mol. The normalized spacial score (nSPS) is 20.7. The van der Waals surface area contributed by atoms with Gasteiger partial charge in [0.2, 0.25) is 0 Å². The lowest BCUT2D eigenvalue weighted by molar-refractivity contribution is -0.514. The standard InChI is InChI=1S/C27H31N5O6/c1-24(2)26(5,6)30(34)21(28-24)17-13-18(22-29-25(3,4)27(7,8)31(22)35)15-20(14-17)38-23(33)16-9-11-19(12-10-16)32(36)37/h9-15H,1-8H3. The summed E-state index contributed by atoms with van der Waals surface area (Å²) in [6.07, 6.45) is 0. The van der Waals surface area contributed by atoms with E-state index < -0.39 is 33.0 Å². The van der Waals surface area contributed by atoms with Crippen molar-refractivity contribution in [2.45, 2.75) is 77.5 Å². The summed E-state index contributed by atoms with van der Waals surface area (Å²) in [7, 11) is 0. The maximum atomic E-state index is 13.3. The second-order valence-corrected chi connectivity index (χ2v) is 11.6. The van der Waals surface area contributed by atoms with E-state index in [1.54, 1.807) is 33.8 Å². The number of hydroxylamine groups is 2. The minimum atomic E-state index is -0.854. The highest BCUT2D eigenvalue weighted by Gasteiger charge is 2.59. The number of nitrogens with zero attached hydrogens (tertiary/aromatic N) is 5. The van der Waals surface area contributed by atoms with E-state index in [1.165, 1.54) is 36.4 Å². The Hall–Kier alpha value is -3.99. The monoisotopic (exact) mass is 521 g/mol. The fourth-order valence-corrected chi connectivity index (χ4v) is 4.09. The molecule has 0 aromatic heterocycles. The molecule has 0 saturated carbocycles. The van der Waals surface area contributed by atoms with Crippen LogP contribution in [-0.4, -0.2) is 54.5 Å². The van der Waals surface area contributed by atoms with Crippen molar-refractivity contribution < 1.29 is 19.2 Å². The number of nitro groups is 1. The molecule has 2 aliphatic rings. The van der Waals surface area contributed by atoms with Crippen LogP contribution in [0.3, 0.4) is 0 Å². The van der Waals surface area contributed by atoms with Crippen LogP contribution in [0.1, 0.15) is 76.9 Å². The van der Waals surface area contributed by atoms with Crippen molar-refractivity contribution in [2.75, 3.05) is 0 Å². The number of carbonyl (C=O) groups excluding carboxylic acids is 1. The van der Waals surface area contributed by atoms with Crippen LogP contribution >= 0.6 is 0 Å². The first kappa shape index (κ1) is 27.1. The van der Waals surface area contributed by atoms with Crippen LogP contribution in [0.2, 0.25) is 0 Å². The van der Waals surface area contributed by atoms with Crippen LogP contribution in [0, 0.1) is 20.2 Å². The Labute approximate surface area is 220 Å². The lowest BCUT2D eigenvalue weighted by Gasteiger charge is -2.45. The second kappa shape index (κ2) is 8.52. The third-order valence-corrected chi connectivity index (χ3v) is 8.11. The molecule has 0 spiro atoms. The zero-order valence-corrected chi connectivity index (χ0v) is 22.7. The first-order valence-electron chi connectivity index (χ1n) is 12.2. The number of benzene rings is 2. The van der Waals surface area contributed by atoms with Gasteiger partial charge in [0.05, 0.1) is 21.6 Å². The van der Waals surface area contributed by atoms with Crippen molar-refractivity contribution in [3.8, 4) is 5.75 Å². The van der Waals surface area contributed by atoms with Gasteiger partial charge in [-0.1, -0.05) is 9.90 Å². The Balaban J connectivity index is 1.81. The summed E-state index contributed by atoms with van der Waals surface area (Å²) >= 11 is 0. The molecule has 38 heavy (non-hydrogen) atoms. The van der Waals surface area contributed by atoms with Gasteiger partial charge in [0.1, 0.15) is 11.6 Å². The first-order chi connectivity index (χ1) is 17.4. The number of esters is 1. The highest BCUT2D eigenvalue weighted by atomic mass is 16.6. The SMILES string of the molecule is CC1(C)N=C(c2cc(OC(=O)c3ccc([N+](=O)[O-])cc3)cc(C3=NC(C)(C)C(C)(C)[N+]3=O)c2)N([O-])C1(C)C. The number of aliphatic imine (C=N–C) groups is 2. The third-order valence-electron chi connectivity index (χ3n) is 8.11. The van der Waals surface area contributed by atoms with E-state index in [-0.39, 0.29) is 28.7 Å². The largest absolute Gasteiger partial charge is 0.757 e. The number of carbonyl (C=O) groups is 1. The number of amidine groups is 2. The van der Waals surface area contributed by atoms with Gasteiger partial charge >= 0.3 is 11.8 Å². The molecule has 2 aromatic rings. The van der Waals surface area contributed by atoms with E-state index in [9.17, 15) is 25.0 Å². The molecule has 200 valence electrons. The van der Waals surface area contributed by atoms with Gasteiger partial charge < -0.3 is 15.0 Å². The number of ether oxygens (including phenoxy) is 1. The second-order valence-electron chi connectivity index (χ2n) is 11.6. The number of nitro benzene ring substituents is 1. The first-order valence-corrected chi connectivity index (χ1v) is 12.2. The fourth-order valence-electron chi connectivity index (χ4n) is 4.09. The zero-order valence-electron chi connectivity index (χ0n) is 22.7. The molecule has 11 heteroatoms. The number of rotatable bonds is 5. The summed E-state index contributed by atoms with van der Waals surface area (Å²) in [6.45, 7) is 14.6. The third kappa shape index (κ3) is 4.16. The van der Waals surface area contributed by atoms with E-state index in [0.29, 0.717) is 11.1 Å². The molecular formula is C27H31N5O6. The van der Waals surface area contributed by atoms with Crippen molar-refractivity contribution in [2.24, 2.45) is 9.98 Å². The van der Waals surface area contributed by atoms with Crippen LogP contribution in [0.25, 0.3) is 0 Å². The van der Waals surface area contributed by atoms with Gasteiger partial charge in [-0.15, -0.1) is 0 Å². The van der Waals surface area contributed by atoms with E-state index in [2.05, 4.69) is 9.98 Å². The quantitative estimate of drug-likeness (QED) is 0.177. The predicted octanol–water partition coefficient (Wildman–Crippen LogP) is 5.03. The molecule has 0 bridgehead atoms. The Bertz CT molecular complexity index is 1420. The molecule has 2 aromatic carbocycles. The summed E-state index contributed by atoms with van der Waals surface area (Å²) in [6, 6.07) is 9.66. The highest BCUT2D eigenvalue weighted by molar-refractivity contribution is 6.05. The van der Waals surface area contributed by atoms with E-state index in [0.717, 1.165) is 9.82 Å². The van der Waals surface area contributed by atoms with Gasteiger partial charge in [0.15, 0.2) is 11.1 Å². The minimum absolute atomic E-state index is 0.0677. The average Bonchev–Trinajstić information content (AvgIpc) is 3.10. The molecule has 0 amide bonds. The van der Waals surface area contributed by atoms with Crippen molar-refractivity contribution in [3.05, 3.63) is 79.4 Å². The lowest BCUT2D eigenvalue weighted by atomic mass is 9.84. The van der Waals surface area contributed by atoms with E-state index >= 15 is 0 Å². The minimum Gasteiger partial charge on any atom is -0.757 e. The smallest absolute Gasteiger partial charge is 0.364 e. The van der Waals surface area contributed by atoms with Crippen molar-refractivity contribution in [1.82, 2.24) is 5.06 Å².